The van der Waals surface area contributed by atoms with Gasteiger partial charge in [0.1, 0.15) is 0 Å². The maximum atomic E-state index is 11.1. The van der Waals surface area contributed by atoms with E-state index in [1.807, 2.05) is 39.0 Å². The van der Waals surface area contributed by atoms with Gasteiger partial charge in [-0.05, 0) is 36.6 Å². The molecule has 1 unspecified atom stereocenters. The van der Waals surface area contributed by atoms with Crippen LogP contribution in [0.25, 0.3) is 0 Å². The topological polar surface area (TPSA) is 49.3 Å². The molecule has 4 heteroatoms. The highest BCUT2D eigenvalue weighted by atomic mass is 79.9. The molecule has 0 radical (unpaired) electrons. The van der Waals surface area contributed by atoms with Crippen molar-refractivity contribution < 1.29 is 9.90 Å². The Hall–Kier alpha value is -1.03. The third-order valence-corrected chi connectivity index (χ3v) is 3.32. The number of nitrogens with one attached hydrogen (secondary N) is 1. The summed E-state index contributed by atoms with van der Waals surface area (Å²) >= 11 is 3.40. The van der Waals surface area contributed by atoms with E-state index in [-0.39, 0.29) is 11.8 Å². The van der Waals surface area contributed by atoms with Gasteiger partial charge in [-0.3, -0.25) is 4.79 Å². The van der Waals surface area contributed by atoms with Crippen LogP contribution in [-0.4, -0.2) is 17.6 Å². The Balaban J connectivity index is 2.69. The fraction of sp³-hybridized carbons (Fsp3) is 0.462. The molecule has 0 aliphatic rings. The Kier molecular flexibility index (Phi) is 5.00. The van der Waals surface area contributed by atoms with E-state index in [1.165, 1.54) is 0 Å². The summed E-state index contributed by atoms with van der Waals surface area (Å²) in [6.45, 7) is 6.30. The molecule has 1 aromatic carbocycles. The molecule has 0 aliphatic carbocycles. The van der Waals surface area contributed by atoms with Crippen molar-refractivity contribution >= 4 is 27.6 Å². The zero-order chi connectivity index (χ0) is 13.0. The maximum absolute atomic E-state index is 11.1. The number of carboxylic acids is 1. The first kappa shape index (κ1) is 14.0. The molecule has 17 heavy (non-hydrogen) atoms. The van der Waals surface area contributed by atoms with Crippen molar-refractivity contribution in [2.24, 2.45) is 11.8 Å². The summed E-state index contributed by atoms with van der Waals surface area (Å²) in [6, 6.07) is 5.91. The molecule has 0 aliphatic heterocycles. The Morgan fingerprint density at radius 3 is 2.59 bits per heavy atom. The van der Waals surface area contributed by atoms with E-state index in [0.717, 1.165) is 15.7 Å². The van der Waals surface area contributed by atoms with Crippen LogP contribution in [0.1, 0.15) is 19.4 Å². The van der Waals surface area contributed by atoms with Crippen molar-refractivity contribution in [3.05, 3.63) is 28.2 Å². The molecule has 0 spiro atoms. The quantitative estimate of drug-likeness (QED) is 0.874. The predicted octanol–water partition coefficient (Wildman–Crippen LogP) is 3.53. The van der Waals surface area contributed by atoms with Gasteiger partial charge in [-0.25, -0.2) is 0 Å². The van der Waals surface area contributed by atoms with Crippen molar-refractivity contribution in [1.82, 2.24) is 0 Å². The molecule has 0 saturated carbocycles. The number of carbonyl (C=O) groups is 1. The first-order valence-corrected chi connectivity index (χ1v) is 6.44. The summed E-state index contributed by atoms with van der Waals surface area (Å²) in [4.78, 5) is 11.1. The molecule has 0 bridgehead atoms. The number of rotatable bonds is 5. The fourth-order valence-corrected chi connectivity index (χ4v) is 2.13. The highest BCUT2D eigenvalue weighted by molar-refractivity contribution is 9.10. The monoisotopic (exact) mass is 299 g/mol. The molecule has 94 valence electrons. The highest BCUT2D eigenvalue weighted by Gasteiger charge is 2.21. The molecule has 0 saturated heterocycles. The summed E-state index contributed by atoms with van der Waals surface area (Å²) in [7, 11) is 0. The molecule has 3 nitrogen and oxygen atoms in total. The molecule has 1 aromatic rings. The molecule has 2 N–H and O–H groups in total. The Labute approximate surface area is 110 Å². The first-order chi connectivity index (χ1) is 7.91. The number of halogens is 1. The highest BCUT2D eigenvalue weighted by Crippen LogP contribution is 2.21. The van der Waals surface area contributed by atoms with Gasteiger partial charge in [0, 0.05) is 16.7 Å². The van der Waals surface area contributed by atoms with Crippen molar-refractivity contribution in [1.29, 1.82) is 0 Å². The number of aryl methyl sites for hydroxylation is 1. The van der Waals surface area contributed by atoms with E-state index in [0.29, 0.717) is 6.54 Å². The van der Waals surface area contributed by atoms with Crippen LogP contribution >= 0.6 is 15.9 Å². The lowest BCUT2D eigenvalue weighted by Crippen LogP contribution is -2.27. The van der Waals surface area contributed by atoms with Gasteiger partial charge in [0.05, 0.1) is 5.92 Å². The van der Waals surface area contributed by atoms with Crippen molar-refractivity contribution in [2.75, 3.05) is 11.9 Å². The minimum Gasteiger partial charge on any atom is -0.481 e. The van der Waals surface area contributed by atoms with Gasteiger partial charge >= 0.3 is 5.97 Å². The Bertz CT molecular complexity index is 404. The predicted molar refractivity (Wildman–Crippen MR) is 73.3 cm³/mol. The smallest absolute Gasteiger partial charge is 0.308 e. The fourth-order valence-electron chi connectivity index (χ4n) is 1.65. The van der Waals surface area contributed by atoms with Crippen molar-refractivity contribution in [2.45, 2.75) is 20.8 Å². The molecular formula is C13H18BrNO2. The first-order valence-electron chi connectivity index (χ1n) is 5.64. The number of carboxylic acid groups (broad SMARTS) is 1. The van der Waals surface area contributed by atoms with Gasteiger partial charge < -0.3 is 10.4 Å². The van der Waals surface area contributed by atoms with E-state index in [4.69, 9.17) is 5.11 Å². The zero-order valence-corrected chi connectivity index (χ0v) is 11.9. The second-order valence-corrected chi connectivity index (χ2v) is 5.44. The summed E-state index contributed by atoms with van der Waals surface area (Å²) in [6.07, 6.45) is 0. The normalized spacial score (nSPS) is 12.5. The molecular weight excluding hydrogens is 282 g/mol. The van der Waals surface area contributed by atoms with Crippen molar-refractivity contribution in [3.63, 3.8) is 0 Å². The molecule has 0 aromatic heterocycles. The molecule has 0 amide bonds. The summed E-state index contributed by atoms with van der Waals surface area (Å²) in [5.41, 5.74) is 2.09. The Morgan fingerprint density at radius 1 is 1.47 bits per heavy atom. The van der Waals surface area contributed by atoms with E-state index in [9.17, 15) is 4.79 Å². The van der Waals surface area contributed by atoms with Gasteiger partial charge in [0.25, 0.3) is 0 Å². The van der Waals surface area contributed by atoms with Crippen LogP contribution in [0, 0.1) is 18.8 Å². The van der Waals surface area contributed by atoms with Crippen LogP contribution in [0.2, 0.25) is 0 Å². The molecule has 0 heterocycles. The largest absolute Gasteiger partial charge is 0.481 e. The molecule has 0 fully saturated rings. The van der Waals surface area contributed by atoms with Crippen LogP contribution in [0.5, 0.6) is 0 Å². The standard InChI is InChI=1S/C13H18BrNO2/c1-8(2)11(13(16)17)7-15-12-5-4-10(14)6-9(12)3/h4-6,8,11,15H,7H2,1-3H3,(H,16,17). The summed E-state index contributed by atoms with van der Waals surface area (Å²) in [5.74, 6) is -0.990. The lowest BCUT2D eigenvalue weighted by Gasteiger charge is -2.18. The van der Waals surface area contributed by atoms with Crippen LogP contribution in [0.15, 0.2) is 22.7 Å². The van der Waals surface area contributed by atoms with Gasteiger partial charge in [0.2, 0.25) is 0 Å². The van der Waals surface area contributed by atoms with E-state index in [1.54, 1.807) is 0 Å². The second kappa shape index (κ2) is 6.05. The van der Waals surface area contributed by atoms with Crippen LogP contribution in [0.3, 0.4) is 0 Å². The number of anilines is 1. The minimum absolute atomic E-state index is 0.121. The van der Waals surface area contributed by atoms with Gasteiger partial charge in [0.15, 0.2) is 0 Å². The summed E-state index contributed by atoms with van der Waals surface area (Å²) < 4.78 is 1.03. The minimum atomic E-state index is -0.748. The maximum Gasteiger partial charge on any atom is 0.308 e. The van der Waals surface area contributed by atoms with E-state index in [2.05, 4.69) is 21.2 Å². The molecule has 1 rings (SSSR count). The lowest BCUT2D eigenvalue weighted by atomic mass is 9.96. The Morgan fingerprint density at radius 2 is 2.12 bits per heavy atom. The van der Waals surface area contributed by atoms with Gasteiger partial charge in [-0.2, -0.15) is 0 Å². The number of hydrogen-bond acceptors (Lipinski definition) is 2. The number of hydrogen-bond donors (Lipinski definition) is 2. The van der Waals surface area contributed by atoms with Crippen LogP contribution in [-0.2, 0) is 4.79 Å². The average Bonchev–Trinajstić information content (AvgIpc) is 2.20. The zero-order valence-electron chi connectivity index (χ0n) is 10.3. The lowest BCUT2D eigenvalue weighted by molar-refractivity contribution is -0.142. The van der Waals surface area contributed by atoms with Crippen LogP contribution in [0.4, 0.5) is 5.69 Å². The van der Waals surface area contributed by atoms with Gasteiger partial charge in [-0.1, -0.05) is 29.8 Å². The number of aliphatic carboxylic acids is 1. The summed E-state index contributed by atoms with van der Waals surface area (Å²) in [5, 5.41) is 12.3. The second-order valence-electron chi connectivity index (χ2n) is 4.53. The van der Waals surface area contributed by atoms with Gasteiger partial charge in [-0.15, -0.1) is 0 Å². The van der Waals surface area contributed by atoms with E-state index < -0.39 is 5.97 Å². The average molecular weight is 300 g/mol. The third kappa shape index (κ3) is 4.04. The SMILES string of the molecule is Cc1cc(Br)ccc1NCC(C(=O)O)C(C)C. The number of benzene rings is 1. The van der Waals surface area contributed by atoms with Crippen LogP contribution < -0.4 is 5.32 Å². The molecule has 1 atom stereocenters. The third-order valence-electron chi connectivity index (χ3n) is 2.82. The van der Waals surface area contributed by atoms with Crippen molar-refractivity contribution in [3.8, 4) is 0 Å². The van der Waals surface area contributed by atoms with E-state index >= 15 is 0 Å².